The number of hydrogen-bond acceptors (Lipinski definition) is 5. The number of carbonyl (C=O) groups excluding carboxylic acids is 1. The Kier molecular flexibility index (Phi) is 9.70. The first kappa shape index (κ1) is 24.6. The molecule has 9 heteroatoms. The first-order valence-electron chi connectivity index (χ1n) is 9.87. The second kappa shape index (κ2) is 12.2. The summed E-state index contributed by atoms with van der Waals surface area (Å²) in [4.78, 5) is 17.8. The third-order valence-electron chi connectivity index (χ3n) is 4.42. The number of fused-ring (bicyclic) bond motifs is 1. The lowest BCUT2D eigenvalue weighted by Gasteiger charge is -2.13. The van der Waals surface area contributed by atoms with E-state index in [1.807, 2.05) is 49.4 Å². The summed E-state index contributed by atoms with van der Waals surface area (Å²) in [5, 5.41) is 6.57. The Morgan fingerprint density at radius 2 is 1.90 bits per heavy atom. The molecule has 0 atom stereocenters. The van der Waals surface area contributed by atoms with Crippen molar-refractivity contribution in [2.45, 2.75) is 20.0 Å². The molecule has 0 spiro atoms. The molecule has 0 unspecified atom stereocenters. The van der Waals surface area contributed by atoms with Gasteiger partial charge in [0.05, 0.1) is 6.54 Å². The topological polar surface area (TPSA) is 84.4 Å². The van der Waals surface area contributed by atoms with E-state index in [9.17, 15) is 4.79 Å². The molecular weight excluding hydrogens is 511 g/mol. The summed E-state index contributed by atoms with van der Waals surface area (Å²) in [7, 11) is 3.41. The summed E-state index contributed by atoms with van der Waals surface area (Å²) in [5.74, 6) is 2.82. The van der Waals surface area contributed by atoms with Gasteiger partial charge in [0.15, 0.2) is 24.1 Å². The predicted octanol–water partition coefficient (Wildman–Crippen LogP) is 2.76. The molecule has 0 radical (unpaired) electrons. The summed E-state index contributed by atoms with van der Waals surface area (Å²) >= 11 is 0. The predicted molar refractivity (Wildman–Crippen MR) is 130 cm³/mol. The molecule has 31 heavy (non-hydrogen) atoms. The zero-order chi connectivity index (χ0) is 21.3. The highest BCUT2D eigenvalue weighted by atomic mass is 127. The maximum Gasteiger partial charge on any atom is 0.259 e. The minimum absolute atomic E-state index is 0. The smallest absolute Gasteiger partial charge is 0.259 e. The fourth-order valence-corrected chi connectivity index (χ4v) is 2.76. The molecule has 2 aromatic carbocycles. The van der Waals surface area contributed by atoms with Gasteiger partial charge in [0.2, 0.25) is 6.79 Å². The third kappa shape index (κ3) is 7.50. The Morgan fingerprint density at radius 1 is 1.10 bits per heavy atom. The molecule has 2 N–H and O–H groups in total. The molecule has 1 aliphatic heterocycles. The first-order chi connectivity index (χ1) is 14.5. The third-order valence-corrected chi connectivity index (χ3v) is 4.42. The van der Waals surface area contributed by atoms with E-state index in [2.05, 4.69) is 15.6 Å². The van der Waals surface area contributed by atoms with Crippen LogP contribution in [0, 0.1) is 0 Å². The number of ether oxygens (including phenoxy) is 3. The summed E-state index contributed by atoms with van der Waals surface area (Å²) < 4.78 is 16.3. The van der Waals surface area contributed by atoms with E-state index in [0.717, 1.165) is 29.2 Å². The number of halogens is 1. The Labute approximate surface area is 200 Å². The molecule has 0 aromatic heterocycles. The zero-order valence-corrected chi connectivity index (χ0v) is 20.3. The van der Waals surface area contributed by atoms with E-state index in [1.54, 1.807) is 14.1 Å². The van der Waals surface area contributed by atoms with Gasteiger partial charge in [-0.1, -0.05) is 18.2 Å². The largest absolute Gasteiger partial charge is 0.484 e. The Bertz CT molecular complexity index is 905. The summed E-state index contributed by atoms with van der Waals surface area (Å²) in [6.07, 6.45) is 0. The van der Waals surface area contributed by atoms with Crippen molar-refractivity contribution in [2.75, 3.05) is 34.0 Å². The van der Waals surface area contributed by atoms with Gasteiger partial charge in [-0.3, -0.25) is 4.79 Å². The van der Waals surface area contributed by atoms with Gasteiger partial charge in [0, 0.05) is 27.2 Å². The maximum absolute atomic E-state index is 11.7. The molecule has 8 nitrogen and oxygen atoms in total. The van der Waals surface area contributed by atoms with E-state index in [1.165, 1.54) is 4.90 Å². The molecule has 168 valence electrons. The van der Waals surface area contributed by atoms with E-state index < -0.39 is 0 Å². The number of aliphatic imine (C=N–C) groups is 1. The number of hydrogen-bond donors (Lipinski definition) is 2. The Morgan fingerprint density at radius 3 is 2.68 bits per heavy atom. The molecule has 0 saturated heterocycles. The van der Waals surface area contributed by atoms with Crippen molar-refractivity contribution in [1.29, 1.82) is 0 Å². The van der Waals surface area contributed by atoms with Crippen molar-refractivity contribution in [1.82, 2.24) is 15.5 Å². The first-order valence-corrected chi connectivity index (χ1v) is 9.87. The van der Waals surface area contributed by atoms with Crippen molar-refractivity contribution in [2.24, 2.45) is 4.99 Å². The van der Waals surface area contributed by atoms with Gasteiger partial charge < -0.3 is 29.7 Å². The maximum atomic E-state index is 11.7. The lowest BCUT2D eigenvalue weighted by molar-refractivity contribution is -0.130. The minimum Gasteiger partial charge on any atom is -0.484 e. The average Bonchev–Trinajstić information content (AvgIpc) is 3.22. The van der Waals surface area contributed by atoms with Crippen LogP contribution in [0.5, 0.6) is 17.2 Å². The van der Waals surface area contributed by atoms with E-state index in [0.29, 0.717) is 24.8 Å². The van der Waals surface area contributed by atoms with Gasteiger partial charge >= 0.3 is 0 Å². The van der Waals surface area contributed by atoms with Gasteiger partial charge in [-0.2, -0.15) is 0 Å². The van der Waals surface area contributed by atoms with Crippen molar-refractivity contribution in [3.63, 3.8) is 0 Å². The molecule has 2 aromatic rings. The number of guanidine groups is 1. The highest BCUT2D eigenvalue weighted by molar-refractivity contribution is 14.0. The van der Waals surface area contributed by atoms with Crippen LogP contribution in [-0.2, 0) is 17.9 Å². The monoisotopic (exact) mass is 540 g/mol. The van der Waals surface area contributed by atoms with Crippen LogP contribution in [0.4, 0.5) is 0 Å². The number of benzene rings is 2. The van der Waals surface area contributed by atoms with Gasteiger partial charge in [0.25, 0.3) is 5.91 Å². The fourth-order valence-electron chi connectivity index (χ4n) is 2.76. The fraction of sp³-hybridized carbons (Fsp3) is 0.364. The highest BCUT2D eigenvalue weighted by Crippen LogP contribution is 2.32. The zero-order valence-electron chi connectivity index (χ0n) is 18.0. The lowest BCUT2D eigenvalue weighted by Crippen LogP contribution is -2.36. The number of amides is 1. The van der Waals surface area contributed by atoms with E-state index >= 15 is 0 Å². The lowest BCUT2D eigenvalue weighted by atomic mass is 10.2. The van der Waals surface area contributed by atoms with E-state index in [4.69, 9.17) is 14.2 Å². The second-order valence-electron chi connectivity index (χ2n) is 6.96. The van der Waals surface area contributed by atoms with Crippen LogP contribution in [-0.4, -0.2) is 50.8 Å². The normalized spacial score (nSPS) is 12.0. The SMILES string of the molecule is CCNC(=NCc1cccc(OCC(=O)N(C)C)c1)NCc1ccc2c(c1)OCO2.I. The van der Waals surface area contributed by atoms with E-state index in [-0.39, 0.29) is 43.3 Å². The molecule has 1 aliphatic rings. The number of nitrogens with zero attached hydrogens (tertiary/aromatic N) is 2. The van der Waals surface area contributed by atoms with Crippen LogP contribution >= 0.6 is 24.0 Å². The molecule has 3 rings (SSSR count). The molecular formula is C22H29IN4O4. The van der Waals surface area contributed by atoms with Gasteiger partial charge in [-0.15, -0.1) is 24.0 Å². The van der Waals surface area contributed by atoms with Gasteiger partial charge in [-0.25, -0.2) is 4.99 Å². The van der Waals surface area contributed by atoms with Crippen LogP contribution in [0.3, 0.4) is 0 Å². The van der Waals surface area contributed by atoms with Crippen LogP contribution in [0.2, 0.25) is 0 Å². The molecule has 0 aliphatic carbocycles. The molecule has 0 fully saturated rings. The van der Waals surface area contributed by atoms with Gasteiger partial charge in [0.1, 0.15) is 5.75 Å². The van der Waals surface area contributed by atoms with Crippen molar-refractivity contribution >= 4 is 35.8 Å². The number of nitrogens with one attached hydrogen (secondary N) is 2. The summed E-state index contributed by atoms with van der Waals surface area (Å²) in [6, 6.07) is 13.5. The molecule has 1 heterocycles. The number of carbonyl (C=O) groups is 1. The van der Waals surface area contributed by atoms with Crippen molar-refractivity contribution in [3.05, 3.63) is 53.6 Å². The number of rotatable bonds is 8. The Balaban J connectivity index is 0.00000341. The molecule has 1 amide bonds. The summed E-state index contributed by atoms with van der Waals surface area (Å²) in [6.45, 7) is 4.15. The molecule has 0 bridgehead atoms. The van der Waals surface area contributed by atoms with Crippen LogP contribution < -0.4 is 24.8 Å². The minimum atomic E-state index is -0.0828. The second-order valence-corrected chi connectivity index (χ2v) is 6.96. The van der Waals surface area contributed by atoms with Crippen molar-refractivity contribution < 1.29 is 19.0 Å². The number of likely N-dealkylation sites (N-methyl/N-ethyl adjacent to an activating group) is 1. The van der Waals surface area contributed by atoms with Gasteiger partial charge in [-0.05, 0) is 42.3 Å². The highest BCUT2D eigenvalue weighted by Gasteiger charge is 2.13. The van der Waals surface area contributed by atoms with Crippen LogP contribution in [0.15, 0.2) is 47.5 Å². The van der Waals surface area contributed by atoms with Crippen LogP contribution in [0.1, 0.15) is 18.1 Å². The quantitative estimate of drug-likeness (QED) is 0.305. The summed E-state index contributed by atoms with van der Waals surface area (Å²) in [5.41, 5.74) is 2.07. The average molecular weight is 540 g/mol. The van der Waals surface area contributed by atoms with Crippen LogP contribution in [0.25, 0.3) is 0 Å². The standard InChI is InChI=1S/C22H28N4O4.HI/c1-4-23-22(25-13-17-8-9-19-20(11-17)30-15-29-19)24-12-16-6-5-7-18(10-16)28-14-21(27)26(2)3;/h5-11H,4,12-15H2,1-3H3,(H2,23,24,25);1H. The Hall–Kier alpha value is -2.69. The van der Waals surface area contributed by atoms with Crippen molar-refractivity contribution in [3.8, 4) is 17.2 Å². The molecule has 0 saturated carbocycles.